The van der Waals surface area contributed by atoms with Gasteiger partial charge < -0.3 is 9.64 Å². The van der Waals surface area contributed by atoms with Crippen LogP contribution in [0, 0.1) is 0 Å². The van der Waals surface area contributed by atoms with Crippen molar-refractivity contribution < 1.29 is 19.5 Å². The van der Waals surface area contributed by atoms with Gasteiger partial charge in [-0.3, -0.25) is 14.8 Å². The summed E-state index contributed by atoms with van der Waals surface area (Å²) in [5, 5.41) is 8.46. The third kappa shape index (κ3) is 4.08. The van der Waals surface area contributed by atoms with Crippen LogP contribution >= 0.6 is 0 Å². The summed E-state index contributed by atoms with van der Waals surface area (Å²) in [5.41, 5.74) is 3.31. The molecule has 22 heavy (non-hydrogen) atoms. The van der Waals surface area contributed by atoms with E-state index in [1.807, 2.05) is 30.3 Å². The van der Waals surface area contributed by atoms with Gasteiger partial charge >= 0.3 is 0 Å². The Bertz CT molecular complexity index is 583. The van der Waals surface area contributed by atoms with Gasteiger partial charge in [0.15, 0.2) is 0 Å². The molecule has 1 aromatic rings. The molecule has 1 aromatic carbocycles. The van der Waals surface area contributed by atoms with Crippen molar-refractivity contribution in [1.29, 1.82) is 0 Å². The molecule has 0 spiro atoms. The standard InChI is InChI=1S/C16H20N2O4/c1-22-14-4-2-3-12(11-14)7-9-18-10-8-13(16(18)20)5-6-15(19)17-21/h2-4,8,11,21H,5-7,9-10H2,1H3,(H,17,19). The van der Waals surface area contributed by atoms with Gasteiger partial charge in [0.2, 0.25) is 11.8 Å². The van der Waals surface area contributed by atoms with Gasteiger partial charge in [-0.1, -0.05) is 18.2 Å². The lowest BCUT2D eigenvalue weighted by atomic mass is 10.1. The molecule has 1 aliphatic heterocycles. The number of hydrogen-bond donors (Lipinski definition) is 2. The molecule has 0 aromatic heterocycles. The predicted octanol–water partition coefficient (Wildman–Crippen LogP) is 1.29. The van der Waals surface area contributed by atoms with E-state index in [2.05, 4.69) is 0 Å². The summed E-state index contributed by atoms with van der Waals surface area (Å²) in [7, 11) is 1.63. The second-order valence-electron chi connectivity index (χ2n) is 5.12. The number of benzene rings is 1. The van der Waals surface area contributed by atoms with Crippen LogP contribution in [-0.2, 0) is 16.0 Å². The number of ether oxygens (including phenoxy) is 1. The Morgan fingerprint density at radius 3 is 2.95 bits per heavy atom. The lowest BCUT2D eigenvalue weighted by Gasteiger charge is -2.16. The summed E-state index contributed by atoms with van der Waals surface area (Å²) in [4.78, 5) is 24.9. The maximum atomic E-state index is 12.2. The van der Waals surface area contributed by atoms with Crippen LogP contribution in [0.15, 0.2) is 35.9 Å². The van der Waals surface area contributed by atoms with E-state index in [1.54, 1.807) is 17.5 Å². The van der Waals surface area contributed by atoms with Crippen LogP contribution in [-0.4, -0.2) is 42.1 Å². The van der Waals surface area contributed by atoms with Crippen molar-refractivity contribution >= 4 is 11.8 Å². The van der Waals surface area contributed by atoms with E-state index in [-0.39, 0.29) is 12.3 Å². The first-order valence-electron chi connectivity index (χ1n) is 7.18. The molecule has 0 bridgehead atoms. The number of nitrogens with zero attached hydrogens (tertiary/aromatic N) is 1. The minimum Gasteiger partial charge on any atom is -0.497 e. The first kappa shape index (κ1) is 16.0. The van der Waals surface area contributed by atoms with Crippen LogP contribution in [0.4, 0.5) is 0 Å². The van der Waals surface area contributed by atoms with Crippen molar-refractivity contribution in [2.75, 3.05) is 20.2 Å². The molecule has 0 saturated heterocycles. The van der Waals surface area contributed by atoms with E-state index in [0.717, 1.165) is 17.7 Å². The SMILES string of the molecule is COc1cccc(CCN2CC=C(CCC(=O)NO)C2=O)c1. The van der Waals surface area contributed by atoms with Gasteiger partial charge in [0.25, 0.3) is 0 Å². The van der Waals surface area contributed by atoms with Gasteiger partial charge in [-0.15, -0.1) is 0 Å². The van der Waals surface area contributed by atoms with E-state index in [4.69, 9.17) is 9.94 Å². The molecule has 2 N–H and O–H groups in total. The zero-order chi connectivity index (χ0) is 15.9. The van der Waals surface area contributed by atoms with Crippen molar-refractivity contribution in [3.05, 3.63) is 41.5 Å². The zero-order valence-electron chi connectivity index (χ0n) is 12.5. The quantitative estimate of drug-likeness (QED) is 0.588. The Balaban J connectivity index is 1.83. The maximum absolute atomic E-state index is 12.2. The number of rotatable bonds is 7. The zero-order valence-corrected chi connectivity index (χ0v) is 12.5. The van der Waals surface area contributed by atoms with E-state index >= 15 is 0 Å². The summed E-state index contributed by atoms with van der Waals surface area (Å²) in [6.07, 6.45) is 3.05. The summed E-state index contributed by atoms with van der Waals surface area (Å²) >= 11 is 0. The molecule has 0 radical (unpaired) electrons. The number of amides is 2. The molecule has 1 heterocycles. The highest BCUT2D eigenvalue weighted by Gasteiger charge is 2.23. The minimum atomic E-state index is -0.483. The highest BCUT2D eigenvalue weighted by Crippen LogP contribution is 2.18. The molecule has 6 nitrogen and oxygen atoms in total. The molecule has 0 aliphatic carbocycles. The molecule has 1 aliphatic rings. The first-order valence-corrected chi connectivity index (χ1v) is 7.18. The van der Waals surface area contributed by atoms with E-state index in [0.29, 0.717) is 25.1 Å². The molecular formula is C16H20N2O4. The van der Waals surface area contributed by atoms with Gasteiger partial charge in [0.1, 0.15) is 5.75 Å². The van der Waals surface area contributed by atoms with Crippen molar-refractivity contribution in [3.8, 4) is 5.75 Å². The van der Waals surface area contributed by atoms with Crippen molar-refractivity contribution in [2.24, 2.45) is 0 Å². The van der Waals surface area contributed by atoms with Crippen LogP contribution in [0.25, 0.3) is 0 Å². The minimum absolute atomic E-state index is 0.0337. The first-order chi connectivity index (χ1) is 10.6. The highest BCUT2D eigenvalue weighted by atomic mass is 16.5. The summed E-state index contributed by atoms with van der Waals surface area (Å²) in [5.74, 6) is 0.288. The topological polar surface area (TPSA) is 78.9 Å². The molecule has 0 fully saturated rings. The summed E-state index contributed by atoms with van der Waals surface area (Å²) < 4.78 is 5.18. The summed E-state index contributed by atoms with van der Waals surface area (Å²) in [6.45, 7) is 1.19. The van der Waals surface area contributed by atoms with Gasteiger partial charge in [0.05, 0.1) is 7.11 Å². The monoisotopic (exact) mass is 304 g/mol. The lowest BCUT2D eigenvalue weighted by Crippen LogP contribution is -2.29. The normalized spacial score (nSPS) is 14.0. The third-order valence-corrected chi connectivity index (χ3v) is 3.67. The lowest BCUT2D eigenvalue weighted by molar-refractivity contribution is -0.129. The number of carbonyl (C=O) groups excluding carboxylic acids is 2. The molecule has 118 valence electrons. The van der Waals surface area contributed by atoms with Crippen molar-refractivity contribution in [3.63, 3.8) is 0 Å². The third-order valence-electron chi connectivity index (χ3n) is 3.67. The predicted molar refractivity (Wildman–Crippen MR) is 80.5 cm³/mol. The van der Waals surface area contributed by atoms with E-state index in [1.165, 1.54) is 0 Å². The number of hydrogen-bond acceptors (Lipinski definition) is 4. The van der Waals surface area contributed by atoms with Crippen LogP contribution in [0.1, 0.15) is 18.4 Å². The van der Waals surface area contributed by atoms with E-state index < -0.39 is 5.91 Å². The molecule has 0 unspecified atom stereocenters. The molecule has 0 atom stereocenters. The largest absolute Gasteiger partial charge is 0.497 e. The smallest absolute Gasteiger partial charge is 0.249 e. The number of methoxy groups -OCH3 is 1. The van der Waals surface area contributed by atoms with Crippen LogP contribution in [0.3, 0.4) is 0 Å². The fourth-order valence-corrected chi connectivity index (χ4v) is 2.39. The van der Waals surface area contributed by atoms with Crippen molar-refractivity contribution in [1.82, 2.24) is 10.4 Å². The fourth-order valence-electron chi connectivity index (χ4n) is 2.39. The highest BCUT2D eigenvalue weighted by molar-refractivity contribution is 5.96. The molecular weight excluding hydrogens is 284 g/mol. The Kier molecular flexibility index (Phi) is 5.55. The molecule has 0 saturated carbocycles. The Morgan fingerprint density at radius 2 is 2.23 bits per heavy atom. The van der Waals surface area contributed by atoms with Gasteiger partial charge in [-0.25, -0.2) is 5.48 Å². The van der Waals surface area contributed by atoms with Gasteiger partial charge in [-0.2, -0.15) is 0 Å². The van der Waals surface area contributed by atoms with Gasteiger partial charge in [0, 0.05) is 25.1 Å². The van der Waals surface area contributed by atoms with Crippen LogP contribution in [0.2, 0.25) is 0 Å². The number of nitrogens with one attached hydrogen (secondary N) is 1. The molecule has 2 amide bonds. The Morgan fingerprint density at radius 1 is 1.41 bits per heavy atom. The molecule has 6 heteroatoms. The van der Waals surface area contributed by atoms with Crippen molar-refractivity contribution in [2.45, 2.75) is 19.3 Å². The Hall–Kier alpha value is -2.34. The number of carbonyl (C=O) groups is 2. The van der Waals surface area contributed by atoms with Gasteiger partial charge in [-0.05, 0) is 30.5 Å². The van der Waals surface area contributed by atoms with Crippen LogP contribution < -0.4 is 10.2 Å². The average Bonchev–Trinajstić information content (AvgIpc) is 2.91. The summed E-state index contributed by atoms with van der Waals surface area (Å²) in [6, 6.07) is 7.77. The number of hydroxylamine groups is 1. The second-order valence-corrected chi connectivity index (χ2v) is 5.12. The fraction of sp³-hybridized carbons (Fsp3) is 0.375. The Labute approximate surface area is 129 Å². The van der Waals surface area contributed by atoms with Crippen LogP contribution in [0.5, 0.6) is 5.75 Å². The maximum Gasteiger partial charge on any atom is 0.249 e. The second kappa shape index (κ2) is 7.61. The van der Waals surface area contributed by atoms with E-state index in [9.17, 15) is 9.59 Å². The molecule has 2 rings (SSSR count). The average molecular weight is 304 g/mol.